The van der Waals surface area contributed by atoms with Crippen LogP contribution in [0.15, 0.2) is 12.3 Å². The van der Waals surface area contributed by atoms with Crippen molar-refractivity contribution >= 4 is 5.91 Å². The number of hydrogen-bond acceptors (Lipinski definition) is 5. The van der Waals surface area contributed by atoms with Crippen molar-refractivity contribution in [2.24, 2.45) is 5.92 Å². The van der Waals surface area contributed by atoms with Gasteiger partial charge in [0.2, 0.25) is 5.91 Å². The molecular formula is C16H24N4O2. The average molecular weight is 304 g/mol. The van der Waals surface area contributed by atoms with Gasteiger partial charge in [-0.05, 0) is 45.8 Å². The summed E-state index contributed by atoms with van der Waals surface area (Å²) in [6.07, 6.45) is 3.98. The van der Waals surface area contributed by atoms with E-state index in [1.165, 1.54) is 0 Å². The monoisotopic (exact) mass is 304 g/mol. The summed E-state index contributed by atoms with van der Waals surface area (Å²) in [5, 5.41) is 0. The topological polar surface area (TPSA) is 58.6 Å². The summed E-state index contributed by atoms with van der Waals surface area (Å²) in [4.78, 5) is 24.7. The molecule has 0 spiro atoms. The third-order valence-electron chi connectivity index (χ3n) is 4.48. The molecule has 3 heterocycles. The van der Waals surface area contributed by atoms with Gasteiger partial charge in [-0.15, -0.1) is 0 Å². The van der Waals surface area contributed by atoms with Gasteiger partial charge in [-0.25, -0.2) is 9.97 Å². The van der Waals surface area contributed by atoms with E-state index in [9.17, 15) is 4.79 Å². The van der Waals surface area contributed by atoms with Crippen LogP contribution in [0.4, 0.5) is 0 Å². The Morgan fingerprint density at radius 1 is 1.50 bits per heavy atom. The summed E-state index contributed by atoms with van der Waals surface area (Å²) in [6, 6.07) is 1.93. The molecule has 2 aliphatic rings. The van der Waals surface area contributed by atoms with Crippen molar-refractivity contribution in [3.05, 3.63) is 23.8 Å². The van der Waals surface area contributed by atoms with Crippen molar-refractivity contribution in [1.29, 1.82) is 0 Å². The largest absolute Gasteiger partial charge is 0.367 e. The maximum absolute atomic E-state index is 12.2. The number of ether oxygens (including phenoxy) is 1. The molecule has 120 valence electrons. The zero-order valence-electron chi connectivity index (χ0n) is 13.5. The lowest BCUT2D eigenvalue weighted by molar-refractivity contribution is -0.136. The summed E-state index contributed by atoms with van der Waals surface area (Å²) in [7, 11) is 3.84. The van der Waals surface area contributed by atoms with E-state index in [1.54, 1.807) is 6.20 Å². The molecule has 2 saturated heterocycles. The lowest BCUT2D eigenvalue weighted by Crippen LogP contribution is -2.47. The number of likely N-dealkylation sites (N-methyl/N-ethyl adjacent to an activating group) is 1. The molecular weight excluding hydrogens is 280 g/mol. The normalized spacial score (nSPS) is 28.0. The average Bonchev–Trinajstić information content (AvgIpc) is 2.89. The van der Waals surface area contributed by atoms with Crippen LogP contribution in [0.3, 0.4) is 0 Å². The van der Waals surface area contributed by atoms with Crippen molar-refractivity contribution < 1.29 is 9.53 Å². The molecule has 1 aromatic rings. The highest BCUT2D eigenvalue weighted by molar-refractivity contribution is 5.78. The van der Waals surface area contributed by atoms with Gasteiger partial charge in [0.1, 0.15) is 11.9 Å². The summed E-state index contributed by atoms with van der Waals surface area (Å²) in [6.45, 7) is 3.91. The van der Waals surface area contributed by atoms with Gasteiger partial charge < -0.3 is 14.5 Å². The molecule has 3 atom stereocenters. The van der Waals surface area contributed by atoms with Gasteiger partial charge >= 0.3 is 0 Å². The molecule has 0 bridgehead atoms. The van der Waals surface area contributed by atoms with E-state index in [0.29, 0.717) is 19.0 Å². The van der Waals surface area contributed by atoms with Gasteiger partial charge in [0.15, 0.2) is 0 Å². The van der Waals surface area contributed by atoms with Crippen molar-refractivity contribution in [2.75, 3.05) is 33.7 Å². The number of rotatable bonds is 3. The second-order valence-electron chi connectivity index (χ2n) is 6.55. The van der Waals surface area contributed by atoms with Crippen LogP contribution in [0, 0.1) is 12.8 Å². The maximum Gasteiger partial charge on any atom is 0.236 e. The van der Waals surface area contributed by atoms with E-state index in [0.717, 1.165) is 30.9 Å². The second kappa shape index (κ2) is 6.30. The fourth-order valence-corrected chi connectivity index (χ4v) is 3.37. The maximum atomic E-state index is 12.2. The van der Waals surface area contributed by atoms with Crippen molar-refractivity contribution in [1.82, 2.24) is 19.8 Å². The Morgan fingerprint density at radius 2 is 2.32 bits per heavy atom. The number of piperidine rings is 1. The molecule has 6 nitrogen and oxygen atoms in total. The van der Waals surface area contributed by atoms with Crippen LogP contribution in [0.5, 0.6) is 0 Å². The Kier molecular flexibility index (Phi) is 4.40. The number of nitrogens with zero attached hydrogens (tertiary/aromatic N) is 4. The first-order chi connectivity index (χ1) is 10.5. The van der Waals surface area contributed by atoms with Crippen molar-refractivity contribution in [3.63, 3.8) is 0 Å². The summed E-state index contributed by atoms with van der Waals surface area (Å²) in [5.41, 5.74) is 0.966. The number of aryl methyl sites for hydroxylation is 1. The van der Waals surface area contributed by atoms with E-state index in [-0.39, 0.29) is 18.1 Å². The zero-order valence-corrected chi connectivity index (χ0v) is 13.5. The lowest BCUT2D eigenvalue weighted by Gasteiger charge is -2.34. The third kappa shape index (κ3) is 3.28. The minimum Gasteiger partial charge on any atom is -0.367 e. The first kappa shape index (κ1) is 15.4. The van der Waals surface area contributed by atoms with Gasteiger partial charge in [-0.2, -0.15) is 0 Å². The number of likely N-dealkylation sites (tertiary alicyclic amines) is 1. The standard InChI is InChI=1S/C16H24N4O2/c1-11-17-6-4-13(18-11)14-8-12-5-7-20(9-15(12)22-14)16(21)10-19(2)3/h4,6,12,14-15H,5,7-10H2,1-3H3/t12-,14+,15+/m0/s1. The van der Waals surface area contributed by atoms with Gasteiger partial charge in [0.25, 0.3) is 0 Å². The molecule has 3 rings (SSSR count). The molecule has 0 aliphatic carbocycles. The molecule has 0 unspecified atom stereocenters. The Morgan fingerprint density at radius 3 is 3.05 bits per heavy atom. The van der Waals surface area contributed by atoms with Crippen LogP contribution in [0.2, 0.25) is 0 Å². The van der Waals surface area contributed by atoms with Crippen LogP contribution in [-0.2, 0) is 9.53 Å². The first-order valence-corrected chi connectivity index (χ1v) is 7.90. The van der Waals surface area contributed by atoms with E-state index >= 15 is 0 Å². The predicted molar refractivity (Wildman–Crippen MR) is 82.2 cm³/mol. The highest BCUT2D eigenvalue weighted by atomic mass is 16.5. The fraction of sp³-hybridized carbons (Fsp3) is 0.688. The van der Waals surface area contributed by atoms with E-state index in [1.807, 2.05) is 36.9 Å². The Hall–Kier alpha value is -1.53. The summed E-state index contributed by atoms with van der Waals surface area (Å²) >= 11 is 0. The predicted octanol–water partition coefficient (Wildman–Crippen LogP) is 1.03. The van der Waals surface area contributed by atoms with Crippen LogP contribution in [0.1, 0.15) is 30.5 Å². The van der Waals surface area contributed by atoms with Crippen molar-refractivity contribution in [2.45, 2.75) is 32.0 Å². The molecule has 2 aliphatic heterocycles. The highest BCUT2D eigenvalue weighted by Gasteiger charge is 2.41. The summed E-state index contributed by atoms with van der Waals surface area (Å²) < 4.78 is 6.19. The van der Waals surface area contributed by atoms with Gasteiger partial charge in [-0.3, -0.25) is 4.79 Å². The zero-order chi connectivity index (χ0) is 15.7. The molecule has 1 aromatic heterocycles. The number of hydrogen-bond donors (Lipinski definition) is 0. The summed E-state index contributed by atoms with van der Waals surface area (Å²) in [5.74, 6) is 1.50. The number of carbonyl (C=O) groups is 1. The molecule has 0 radical (unpaired) electrons. The van der Waals surface area contributed by atoms with Crippen LogP contribution < -0.4 is 0 Å². The Bertz CT molecular complexity index is 549. The number of aromatic nitrogens is 2. The second-order valence-corrected chi connectivity index (χ2v) is 6.55. The van der Waals surface area contributed by atoms with E-state index < -0.39 is 0 Å². The Labute approximate surface area is 131 Å². The highest BCUT2D eigenvalue weighted by Crippen LogP contribution is 2.40. The van der Waals surface area contributed by atoms with E-state index in [2.05, 4.69) is 9.97 Å². The molecule has 22 heavy (non-hydrogen) atoms. The Balaban J connectivity index is 1.63. The minimum absolute atomic E-state index is 0.0422. The molecule has 0 N–H and O–H groups in total. The van der Waals surface area contributed by atoms with Crippen LogP contribution in [-0.4, -0.2) is 65.5 Å². The molecule has 0 aromatic carbocycles. The van der Waals surface area contributed by atoms with E-state index in [4.69, 9.17) is 4.74 Å². The lowest BCUT2D eigenvalue weighted by atomic mass is 9.91. The molecule has 6 heteroatoms. The fourth-order valence-electron chi connectivity index (χ4n) is 3.37. The molecule has 1 amide bonds. The minimum atomic E-state index is 0.0422. The smallest absolute Gasteiger partial charge is 0.236 e. The molecule has 2 fully saturated rings. The quantitative estimate of drug-likeness (QED) is 0.834. The first-order valence-electron chi connectivity index (χ1n) is 7.90. The van der Waals surface area contributed by atoms with Gasteiger partial charge in [0, 0.05) is 19.3 Å². The number of carbonyl (C=O) groups excluding carboxylic acids is 1. The number of amides is 1. The molecule has 0 saturated carbocycles. The van der Waals surface area contributed by atoms with Crippen molar-refractivity contribution in [3.8, 4) is 0 Å². The van der Waals surface area contributed by atoms with Gasteiger partial charge in [-0.1, -0.05) is 0 Å². The SMILES string of the molecule is Cc1nccc([C@H]2C[C@@H]3CCN(C(=O)CN(C)C)C[C@H]3O2)n1. The van der Waals surface area contributed by atoms with Crippen LogP contribution in [0.25, 0.3) is 0 Å². The number of fused-ring (bicyclic) bond motifs is 1. The van der Waals surface area contributed by atoms with Gasteiger partial charge in [0.05, 0.1) is 18.3 Å². The third-order valence-corrected chi connectivity index (χ3v) is 4.48. The van der Waals surface area contributed by atoms with Crippen LogP contribution >= 0.6 is 0 Å².